The second-order valence-corrected chi connectivity index (χ2v) is 6.50. The fourth-order valence-corrected chi connectivity index (χ4v) is 2.70. The predicted octanol–water partition coefficient (Wildman–Crippen LogP) is -1.93. The highest BCUT2D eigenvalue weighted by Gasteiger charge is 2.51. The quantitative estimate of drug-likeness (QED) is 0.269. The molecule has 2 unspecified atom stereocenters. The van der Waals surface area contributed by atoms with Gasteiger partial charge in [-0.15, -0.1) is 0 Å². The summed E-state index contributed by atoms with van der Waals surface area (Å²) in [4.78, 5) is 57.1. The van der Waals surface area contributed by atoms with Crippen molar-refractivity contribution in [2.45, 2.75) is 64.4 Å². The summed E-state index contributed by atoms with van der Waals surface area (Å²) in [6.07, 6.45) is -5.08. The van der Waals surface area contributed by atoms with Gasteiger partial charge in [0.1, 0.15) is 24.8 Å². The molecule has 13 nitrogen and oxygen atoms in total. The van der Waals surface area contributed by atoms with Gasteiger partial charge in [0.15, 0.2) is 18.5 Å². The third kappa shape index (κ3) is 7.93. The molecule has 1 rings (SSSR count). The lowest BCUT2D eigenvalue weighted by Crippen LogP contribution is -2.66. The van der Waals surface area contributed by atoms with Gasteiger partial charge in [0, 0.05) is 27.7 Å². The lowest BCUT2D eigenvalue weighted by atomic mass is 9.96. The maximum absolute atomic E-state index is 11.7. The molecule has 0 aliphatic carbocycles. The number of hydrogen-bond donors (Lipinski definition) is 3. The van der Waals surface area contributed by atoms with Gasteiger partial charge in [-0.2, -0.15) is 0 Å². The van der Waals surface area contributed by atoms with Gasteiger partial charge in [-0.3, -0.25) is 24.0 Å². The summed E-state index contributed by atoms with van der Waals surface area (Å²) in [5.41, 5.74) is 5.43. The molecule has 0 aromatic carbocycles. The Bertz CT molecular complexity index is 668. The molecule has 6 atom stereocenters. The van der Waals surface area contributed by atoms with Crippen molar-refractivity contribution >= 4 is 29.8 Å². The van der Waals surface area contributed by atoms with Crippen molar-refractivity contribution in [3.05, 3.63) is 0 Å². The first-order chi connectivity index (χ1) is 13.9. The predicted molar refractivity (Wildman–Crippen MR) is 95.6 cm³/mol. The molecular weight excluding hydrogens is 408 g/mol. The second-order valence-electron chi connectivity index (χ2n) is 6.50. The van der Waals surface area contributed by atoms with Crippen LogP contribution < -0.4 is 11.1 Å². The Morgan fingerprint density at radius 1 is 1.00 bits per heavy atom. The molecule has 0 aromatic heterocycles. The normalized spacial score (nSPS) is 26.8. The third-order valence-corrected chi connectivity index (χ3v) is 3.83. The average molecular weight is 434 g/mol. The van der Waals surface area contributed by atoms with Gasteiger partial charge in [0.2, 0.25) is 5.91 Å². The van der Waals surface area contributed by atoms with Gasteiger partial charge in [0.25, 0.3) is 0 Å². The summed E-state index contributed by atoms with van der Waals surface area (Å²) in [5, 5.41) is 11.4. The van der Waals surface area contributed by atoms with Gasteiger partial charge in [-0.25, -0.2) is 0 Å². The summed E-state index contributed by atoms with van der Waals surface area (Å²) in [6, 6.07) is -2.60. The Morgan fingerprint density at radius 2 is 1.57 bits per heavy atom. The molecule has 1 amide bonds. The van der Waals surface area contributed by atoms with E-state index in [2.05, 4.69) is 5.32 Å². The minimum absolute atomic E-state index is 0.400. The number of rotatable bonds is 9. The minimum atomic E-state index is -1.41. The minimum Gasteiger partial charge on any atom is -0.480 e. The maximum Gasteiger partial charge on any atom is 0.322 e. The zero-order valence-corrected chi connectivity index (χ0v) is 17.0. The lowest BCUT2D eigenvalue weighted by molar-refractivity contribution is -0.278. The number of amides is 1. The number of aliphatic carboxylic acids is 1. The number of ether oxygens (including phenoxy) is 5. The molecule has 0 bridgehead atoms. The SMILES string of the molecule is CC(=O)NC1[C@H](OC[C@H](N)C(=O)O)OC(COC(C)=O)[C@@H](OC(C)=O)[C@H]1OC(C)=O. The van der Waals surface area contributed by atoms with Crippen LogP contribution in [0.1, 0.15) is 27.7 Å². The second kappa shape index (κ2) is 11.4. The van der Waals surface area contributed by atoms with E-state index in [0.29, 0.717) is 0 Å². The van der Waals surface area contributed by atoms with Crippen LogP contribution in [0.5, 0.6) is 0 Å². The fourth-order valence-electron chi connectivity index (χ4n) is 2.70. The van der Waals surface area contributed by atoms with E-state index in [-0.39, 0.29) is 0 Å². The molecule has 170 valence electrons. The molecule has 0 aromatic rings. The van der Waals surface area contributed by atoms with Crippen LogP contribution in [-0.4, -0.2) is 84.8 Å². The molecule has 1 aliphatic rings. The highest BCUT2D eigenvalue weighted by atomic mass is 16.7. The van der Waals surface area contributed by atoms with Crippen LogP contribution in [0.2, 0.25) is 0 Å². The van der Waals surface area contributed by atoms with Crippen LogP contribution in [0, 0.1) is 0 Å². The van der Waals surface area contributed by atoms with Crippen molar-refractivity contribution in [3.8, 4) is 0 Å². The van der Waals surface area contributed by atoms with E-state index in [1.54, 1.807) is 0 Å². The zero-order valence-electron chi connectivity index (χ0n) is 17.0. The van der Waals surface area contributed by atoms with Gasteiger partial charge in [0.05, 0.1) is 6.61 Å². The highest BCUT2D eigenvalue weighted by molar-refractivity contribution is 5.74. The molecule has 1 saturated heterocycles. The maximum atomic E-state index is 11.7. The topological polar surface area (TPSA) is 190 Å². The molecule has 0 radical (unpaired) electrons. The Morgan fingerprint density at radius 3 is 2.03 bits per heavy atom. The van der Waals surface area contributed by atoms with Crippen LogP contribution in [0.4, 0.5) is 0 Å². The first-order valence-corrected chi connectivity index (χ1v) is 8.92. The number of hydrogen-bond acceptors (Lipinski definition) is 11. The van der Waals surface area contributed by atoms with Crippen LogP contribution in [-0.2, 0) is 47.7 Å². The van der Waals surface area contributed by atoms with Crippen LogP contribution in [0.15, 0.2) is 0 Å². The fraction of sp³-hybridized carbons (Fsp3) is 0.706. The number of carboxylic acid groups (broad SMARTS) is 1. The Balaban J connectivity index is 3.27. The average Bonchev–Trinajstić information content (AvgIpc) is 2.60. The van der Waals surface area contributed by atoms with E-state index in [1.165, 1.54) is 6.92 Å². The van der Waals surface area contributed by atoms with Crippen molar-refractivity contribution in [2.24, 2.45) is 5.73 Å². The molecular formula is C17H26N2O11. The summed E-state index contributed by atoms with van der Waals surface area (Å²) in [6.45, 7) is 3.62. The summed E-state index contributed by atoms with van der Waals surface area (Å²) in [5.74, 6) is -4.06. The Kier molecular flexibility index (Phi) is 9.62. The smallest absolute Gasteiger partial charge is 0.322 e. The Labute approximate surface area is 172 Å². The highest BCUT2D eigenvalue weighted by Crippen LogP contribution is 2.28. The van der Waals surface area contributed by atoms with E-state index in [9.17, 15) is 24.0 Å². The van der Waals surface area contributed by atoms with E-state index >= 15 is 0 Å². The molecule has 30 heavy (non-hydrogen) atoms. The monoisotopic (exact) mass is 434 g/mol. The van der Waals surface area contributed by atoms with Crippen molar-refractivity contribution in [3.63, 3.8) is 0 Å². The first-order valence-electron chi connectivity index (χ1n) is 8.92. The van der Waals surface area contributed by atoms with Crippen LogP contribution in [0.25, 0.3) is 0 Å². The molecule has 13 heteroatoms. The van der Waals surface area contributed by atoms with Crippen molar-refractivity contribution in [1.82, 2.24) is 5.32 Å². The number of nitrogens with one attached hydrogen (secondary N) is 1. The van der Waals surface area contributed by atoms with E-state index < -0.39 is 79.7 Å². The number of nitrogens with two attached hydrogens (primary N) is 1. The number of carbonyl (C=O) groups is 5. The van der Waals surface area contributed by atoms with Crippen LogP contribution >= 0.6 is 0 Å². The van der Waals surface area contributed by atoms with Gasteiger partial charge >= 0.3 is 23.9 Å². The van der Waals surface area contributed by atoms with Gasteiger partial charge in [-0.1, -0.05) is 0 Å². The lowest BCUT2D eigenvalue weighted by Gasteiger charge is -2.45. The third-order valence-electron chi connectivity index (χ3n) is 3.83. The molecule has 4 N–H and O–H groups in total. The largest absolute Gasteiger partial charge is 0.480 e. The van der Waals surface area contributed by atoms with Crippen molar-refractivity contribution in [1.29, 1.82) is 0 Å². The molecule has 1 aliphatic heterocycles. The molecule has 0 spiro atoms. The molecule has 1 fully saturated rings. The number of esters is 3. The summed E-state index contributed by atoms with van der Waals surface area (Å²) >= 11 is 0. The van der Waals surface area contributed by atoms with E-state index in [0.717, 1.165) is 20.8 Å². The summed E-state index contributed by atoms with van der Waals surface area (Å²) < 4.78 is 26.5. The van der Waals surface area contributed by atoms with Crippen molar-refractivity contribution in [2.75, 3.05) is 13.2 Å². The summed E-state index contributed by atoms with van der Waals surface area (Å²) in [7, 11) is 0. The molecule has 0 saturated carbocycles. The number of carbonyl (C=O) groups excluding carboxylic acids is 4. The van der Waals surface area contributed by atoms with E-state index in [4.69, 9.17) is 34.5 Å². The van der Waals surface area contributed by atoms with Crippen LogP contribution in [0.3, 0.4) is 0 Å². The zero-order chi connectivity index (χ0) is 23.0. The molecule has 1 heterocycles. The Hall–Kier alpha value is -2.77. The first kappa shape index (κ1) is 25.3. The van der Waals surface area contributed by atoms with E-state index in [1.807, 2.05) is 0 Å². The standard InChI is InChI=1S/C17H26N2O11/c1-7(20)19-13-15(29-10(4)23)14(28-9(3)22)12(6-26-8(2)21)30-17(13)27-5-11(18)16(24)25/h11-15,17H,5-6,18H2,1-4H3,(H,19,20)(H,24,25)/t11-,12?,13?,14+,15-,17+/m0/s1. The van der Waals surface area contributed by atoms with Gasteiger partial charge in [-0.05, 0) is 0 Å². The van der Waals surface area contributed by atoms with Crippen molar-refractivity contribution < 1.29 is 52.8 Å². The number of carboxylic acids is 1. The van der Waals surface area contributed by atoms with Gasteiger partial charge < -0.3 is 39.8 Å².